The fraction of sp³-hybridized carbons (Fsp3) is 0.294. The molecule has 0 aromatic carbocycles. The molecule has 2 unspecified atom stereocenters. The predicted octanol–water partition coefficient (Wildman–Crippen LogP) is -5.71. The number of aromatic nitrogens is 1. The van der Waals surface area contributed by atoms with E-state index in [1.807, 2.05) is 0 Å². The molecule has 3 aliphatic rings. The summed E-state index contributed by atoms with van der Waals surface area (Å²) in [5, 5.41) is 25.6. The Kier molecular flexibility index (Phi) is 8.51. The number of hydrogen-bond donors (Lipinski definition) is 3. The van der Waals surface area contributed by atoms with Gasteiger partial charge >= 0.3 is 29.6 Å². The van der Waals surface area contributed by atoms with Crippen LogP contribution in [0.25, 0.3) is 0 Å². The standard InChI is InChI=1S/C17H17N7O7S3.Na/c18-17-23(7-20-33-17)12(22-29)13(25)21-10-14(26)24-11(16(27)28)8(5-32-15(10)24)6-34(30,31)9-2-1-3-19-4-9;/h1-4,7,10,15,17,29H,5-6,18H2,(H,21,25)(H,27,28);/q;+1/p-1/b22-12-;/t10?,15-,17?;/m1./s1. The summed E-state index contributed by atoms with van der Waals surface area (Å²) in [4.78, 5) is 42.8. The molecular weight excluding hydrogens is 533 g/mol. The molecule has 0 bridgehead atoms. The number of nitrogens with one attached hydrogen (secondary N) is 1. The second kappa shape index (κ2) is 10.9. The van der Waals surface area contributed by atoms with E-state index in [1.54, 1.807) is 0 Å². The van der Waals surface area contributed by atoms with Gasteiger partial charge < -0.3 is 26.2 Å². The minimum atomic E-state index is -3.93. The van der Waals surface area contributed by atoms with E-state index in [2.05, 4.69) is 19.9 Å². The van der Waals surface area contributed by atoms with Gasteiger partial charge in [-0.25, -0.2) is 12.8 Å². The molecule has 35 heavy (non-hydrogen) atoms. The van der Waals surface area contributed by atoms with Crippen molar-refractivity contribution in [3.05, 3.63) is 35.8 Å². The third kappa shape index (κ3) is 5.20. The Morgan fingerprint density at radius 2 is 2.14 bits per heavy atom. The molecule has 4 heterocycles. The topological polar surface area (TPSA) is 211 Å². The zero-order chi connectivity index (χ0) is 24.6. The average molecular weight is 550 g/mol. The summed E-state index contributed by atoms with van der Waals surface area (Å²) >= 11 is 2.00. The number of carboxylic acids is 1. The van der Waals surface area contributed by atoms with Crippen LogP contribution in [0.2, 0.25) is 0 Å². The van der Waals surface area contributed by atoms with Crippen LogP contribution in [0.1, 0.15) is 0 Å². The van der Waals surface area contributed by atoms with Crippen molar-refractivity contribution < 1.29 is 62.7 Å². The molecule has 2 amide bonds. The van der Waals surface area contributed by atoms with Crippen molar-refractivity contribution in [3.63, 3.8) is 0 Å². The number of thioether (sulfide) groups is 1. The molecule has 0 saturated carbocycles. The first kappa shape index (κ1) is 27.4. The number of nitrogens with zero attached hydrogens (tertiary/aromatic N) is 5. The molecule has 0 spiro atoms. The first-order chi connectivity index (χ1) is 16.2. The van der Waals surface area contributed by atoms with Gasteiger partial charge in [-0.05, 0) is 17.7 Å². The van der Waals surface area contributed by atoms with Gasteiger partial charge in [-0.15, -0.1) is 11.8 Å². The summed E-state index contributed by atoms with van der Waals surface area (Å²) in [7, 11) is -3.93. The Morgan fingerprint density at radius 3 is 2.71 bits per heavy atom. The minimum Gasteiger partial charge on any atom is -0.543 e. The maximum atomic E-state index is 12.8. The summed E-state index contributed by atoms with van der Waals surface area (Å²) in [5.41, 5.74) is 4.37. The van der Waals surface area contributed by atoms with Gasteiger partial charge in [-0.1, -0.05) is 5.16 Å². The van der Waals surface area contributed by atoms with E-state index < -0.39 is 61.8 Å². The van der Waals surface area contributed by atoms with E-state index in [4.69, 9.17) is 5.73 Å². The van der Waals surface area contributed by atoms with Gasteiger partial charge in [-0.3, -0.25) is 24.4 Å². The molecular formula is C17H16N7NaO7S3. The van der Waals surface area contributed by atoms with Crippen LogP contribution in [0, 0.1) is 0 Å². The maximum Gasteiger partial charge on any atom is 1.00 e. The number of carbonyl (C=O) groups is 3. The smallest absolute Gasteiger partial charge is 0.543 e. The van der Waals surface area contributed by atoms with Crippen LogP contribution in [0.4, 0.5) is 0 Å². The Hall–Kier alpha value is -2.15. The number of pyridine rings is 1. The normalized spacial score (nSPS) is 24.0. The monoisotopic (exact) mass is 549 g/mol. The van der Waals surface area contributed by atoms with Gasteiger partial charge in [-0.2, -0.15) is 0 Å². The number of carboxylic acid groups (broad SMARTS) is 1. The number of sulfone groups is 1. The summed E-state index contributed by atoms with van der Waals surface area (Å²) in [6.45, 7) is 0. The number of amidine groups is 1. The van der Waals surface area contributed by atoms with E-state index in [1.165, 1.54) is 24.7 Å². The average Bonchev–Trinajstić information content (AvgIpc) is 3.23. The summed E-state index contributed by atoms with van der Waals surface area (Å²) in [5.74, 6) is -4.62. The largest absolute Gasteiger partial charge is 1.00 e. The molecule has 4 rings (SSSR count). The zero-order valence-corrected chi connectivity index (χ0v) is 22.4. The number of nitrogens with two attached hydrogens (primary N) is 1. The molecule has 18 heteroatoms. The summed E-state index contributed by atoms with van der Waals surface area (Å²) < 4.78 is 29.2. The molecule has 1 aromatic heterocycles. The molecule has 1 aromatic rings. The van der Waals surface area contributed by atoms with Crippen LogP contribution in [0.15, 0.2) is 50.2 Å². The number of oxime groups is 1. The van der Waals surface area contributed by atoms with E-state index in [-0.39, 0.29) is 45.8 Å². The molecule has 3 aliphatic heterocycles. The third-order valence-electron chi connectivity index (χ3n) is 5.04. The SMILES string of the molecule is NC1SN=CN1/C(=N\O)C(=O)NC1C(=O)N2C(C(=O)[O-])=C(CS(=O)(=O)c3cccnc3)CS[C@H]12.[Na+]. The van der Waals surface area contributed by atoms with Crippen LogP contribution in [0.3, 0.4) is 0 Å². The Bertz CT molecular complexity index is 1240. The molecule has 0 radical (unpaired) electrons. The quantitative estimate of drug-likeness (QED) is 0.0597. The Morgan fingerprint density at radius 1 is 1.40 bits per heavy atom. The van der Waals surface area contributed by atoms with Crippen LogP contribution in [-0.4, -0.2) is 86.8 Å². The minimum absolute atomic E-state index is 0. The van der Waals surface area contributed by atoms with Crippen LogP contribution < -0.4 is 45.7 Å². The fourth-order valence-electron chi connectivity index (χ4n) is 3.48. The second-order valence-corrected chi connectivity index (χ2v) is 11.1. The number of amides is 2. The van der Waals surface area contributed by atoms with Crippen molar-refractivity contribution in [2.24, 2.45) is 15.3 Å². The fourth-order valence-corrected chi connectivity index (χ4v) is 6.86. The molecule has 3 atom stereocenters. The van der Waals surface area contributed by atoms with Gasteiger partial charge in [0.1, 0.15) is 17.8 Å². The van der Waals surface area contributed by atoms with E-state index in [0.29, 0.717) is 0 Å². The number of carbonyl (C=O) groups excluding carboxylic acids is 3. The van der Waals surface area contributed by atoms with E-state index in [0.717, 1.165) is 39.7 Å². The molecule has 180 valence electrons. The van der Waals surface area contributed by atoms with E-state index in [9.17, 15) is 33.1 Å². The van der Waals surface area contributed by atoms with Crippen molar-refractivity contribution >= 4 is 63.5 Å². The maximum absolute atomic E-state index is 12.8. The number of hydrogen-bond acceptors (Lipinski definition) is 13. The second-order valence-electron chi connectivity index (χ2n) is 7.10. The van der Waals surface area contributed by atoms with Gasteiger partial charge in [0.05, 0.1) is 22.3 Å². The number of rotatable bonds is 5. The number of β-lactam (4-membered cyclic amide) rings is 1. The van der Waals surface area contributed by atoms with Crippen molar-refractivity contribution in [2.45, 2.75) is 21.8 Å². The first-order valence-corrected chi connectivity index (χ1v) is 13.0. The van der Waals surface area contributed by atoms with Gasteiger partial charge in [0.25, 0.3) is 11.8 Å². The molecule has 14 nitrogen and oxygen atoms in total. The first-order valence-electron chi connectivity index (χ1n) is 9.42. The van der Waals surface area contributed by atoms with Crippen molar-refractivity contribution in [2.75, 3.05) is 11.5 Å². The Labute approximate surface area is 229 Å². The van der Waals surface area contributed by atoms with Gasteiger partial charge in [0.2, 0.25) is 5.84 Å². The van der Waals surface area contributed by atoms with Crippen LogP contribution >= 0.6 is 23.7 Å². The molecule has 0 aliphatic carbocycles. The molecule has 1 saturated heterocycles. The number of fused-ring (bicyclic) bond motifs is 1. The van der Waals surface area contributed by atoms with Crippen molar-refractivity contribution in [1.82, 2.24) is 20.1 Å². The van der Waals surface area contributed by atoms with Crippen molar-refractivity contribution in [3.8, 4) is 0 Å². The van der Waals surface area contributed by atoms with E-state index >= 15 is 0 Å². The molecule has 1 fully saturated rings. The van der Waals surface area contributed by atoms with Crippen LogP contribution in [-0.2, 0) is 24.2 Å². The van der Waals surface area contributed by atoms with Gasteiger partial charge in [0, 0.05) is 30.1 Å². The number of aliphatic carboxylic acids is 1. The zero-order valence-electron chi connectivity index (χ0n) is 18.0. The third-order valence-corrected chi connectivity index (χ3v) is 8.73. The van der Waals surface area contributed by atoms with Crippen molar-refractivity contribution in [1.29, 1.82) is 0 Å². The van der Waals surface area contributed by atoms with Crippen LogP contribution in [0.5, 0.6) is 0 Å². The molecule has 4 N–H and O–H groups in total. The summed E-state index contributed by atoms with van der Waals surface area (Å²) in [6.07, 6.45) is 3.72. The summed E-state index contributed by atoms with van der Waals surface area (Å²) in [6, 6.07) is 1.61. The van der Waals surface area contributed by atoms with Gasteiger partial charge in [0.15, 0.2) is 15.3 Å². The Balaban J connectivity index is 0.00000342. The predicted molar refractivity (Wildman–Crippen MR) is 118 cm³/mol.